The van der Waals surface area contributed by atoms with Crippen LogP contribution in [0, 0.1) is 6.92 Å². The van der Waals surface area contributed by atoms with Crippen molar-refractivity contribution in [3.63, 3.8) is 0 Å². The lowest BCUT2D eigenvalue weighted by Gasteiger charge is -2.28. The molecule has 0 aliphatic carbocycles. The SMILES string of the molecule is Cc1c(NS(=O)(=O)C(C)C)cccc1N(Cc1ccccc1)Cc1ccccc1. The van der Waals surface area contributed by atoms with Crippen molar-refractivity contribution < 1.29 is 8.42 Å². The van der Waals surface area contributed by atoms with Crippen molar-refractivity contribution in [2.45, 2.75) is 39.1 Å². The molecule has 0 heterocycles. The largest absolute Gasteiger partial charge is 0.363 e. The third-order valence-corrected chi connectivity index (χ3v) is 6.70. The molecule has 0 amide bonds. The molecule has 0 unspecified atom stereocenters. The van der Waals surface area contributed by atoms with Gasteiger partial charge in [0.1, 0.15) is 0 Å². The van der Waals surface area contributed by atoms with Gasteiger partial charge >= 0.3 is 0 Å². The predicted molar refractivity (Wildman–Crippen MR) is 122 cm³/mol. The van der Waals surface area contributed by atoms with Crippen LogP contribution in [0.15, 0.2) is 78.9 Å². The zero-order valence-electron chi connectivity index (χ0n) is 17.2. The van der Waals surface area contributed by atoms with E-state index in [2.05, 4.69) is 33.9 Å². The molecule has 3 rings (SSSR count). The van der Waals surface area contributed by atoms with E-state index in [-0.39, 0.29) is 0 Å². The predicted octanol–water partition coefficient (Wildman–Crippen LogP) is 5.35. The smallest absolute Gasteiger partial charge is 0.235 e. The van der Waals surface area contributed by atoms with E-state index in [1.165, 1.54) is 11.1 Å². The number of nitrogens with zero attached hydrogens (tertiary/aromatic N) is 1. The van der Waals surface area contributed by atoms with E-state index in [9.17, 15) is 8.42 Å². The number of hydrogen-bond donors (Lipinski definition) is 1. The lowest BCUT2D eigenvalue weighted by atomic mass is 10.1. The van der Waals surface area contributed by atoms with E-state index < -0.39 is 15.3 Å². The van der Waals surface area contributed by atoms with Crippen LogP contribution in [-0.2, 0) is 23.1 Å². The van der Waals surface area contributed by atoms with E-state index in [1.807, 2.05) is 61.5 Å². The number of hydrogen-bond acceptors (Lipinski definition) is 3. The van der Waals surface area contributed by atoms with Crippen LogP contribution in [0.25, 0.3) is 0 Å². The van der Waals surface area contributed by atoms with Crippen molar-refractivity contribution in [2.24, 2.45) is 0 Å². The highest BCUT2D eigenvalue weighted by molar-refractivity contribution is 7.93. The fourth-order valence-electron chi connectivity index (χ4n) is 3.18. The van der Waals surface area contributed by atoms with Crippen LogP contribution in [0.5, 0.6) is 0 Å². The standard InChI is InChI=1S/C24H28N2O2S/c1-19(2)29(27,28)25-23-15-10-16-24(20(23)3)26(17-21-11-6-4-7-12-21)18-22-13-8-5-9-14-22/h4-16,19,25H,17-18H2,1-3H3. The first-order valence-corrected chi connectivity index (χ1v) is 11.4. The molecule has 5 heteroatoms. The van der Waals surface area contributed by atoms with Gasteiger partial charge < -0.3 is 4.90 Å². The molecule has 3 aromatic carbocycles. The zero-order chi connectivity index (χ0) is 20.9. The summed E-state index contributed by atoms with van der Waals surface area (Å²) in [5.74, 6) is 0. The Morgan fingerprint density at radius 2 is 1.31 bits per heavy atom. The molecule has 0 fully saturated rings. The maximum atomic E-state index is 12.4. The Hall–Kier alpha value is -2.79. The van der Waals surface area contributed by atoms with E-state index >= 15 is 0 Å². The van der Waals surface area contributed by atoms with Gasteiger partial charge in [-0.15, -0.1) is 0 Å². The van der Waals surface area contributed by atoms with Crippen LogP contribution in [-0.4, -0.2) is 13.7 Å². The summed E-state index contributed by atoms with van der Waals surface area (Å²) in [7, 11) is -3.40. The second kappa shape index (κ2) is 9.14. The molecule has 0 saturated heterocycles. The summed E-state index contributed by atoms with van der Waals surface area (Å²) in [6.45, 7) is 6.79. The summed E-state index contributed by atoms with van der Waals surface area (Å²) in [4.78, 5) is 2.28. The first-order chi connectivity index (χ1) is 13.9. The van der Waals surface area contributed by atoms with Crippen LogP contribution in [0.2, 0.25) is 0 Å². The molecule has 29 heavy (non-hydrogen) atoms. The third kappa shape index (κ3) is 5.39. The average molecular weight is 409 g/mol. The number of rotatable bonds is 8. The third-order valence-electron chi connectivity index (χ3n) is 4.95. The molecule has 0 atom stereocenters. The molecular formula is C24H28N2O2S. The lowest BCUT2D eigenvalue weighted by Crippen LogP contribution is -2.25. The number of nitrogens with one attached hydrogen (secondary N) is 1. The summed E-state index contributed by atoms with van der Waals surface area (Å²) in [6.07, 6.45) is 0. The van der Waals surface area contributed by atoms with Crippen molar-refractivity contribution in [1.82, 2.24) is 0 Å². The maximum Gasteiger partial charge on any atom is 0.235 e. The molecule has 0 spiro atoms. The Balaban J connectivity index is 1.97. The minimum absolute atomic E-state index is 0.490. The topological polar surface area (TPSA) is 49.4 Å². The van der Waals surface area contributed by atoms with Crippen LogP contribution in [0.1, 0.15) is 30.5 Å². The average Bonchev–Trinajstić information content (AvgIpc) is 2.70. The summed E-state index contributed by atoms with van der Waals surface area (Å²) >= 11 is 0. The van der Waals surface area contributed by atoms with Gasteiger partial charge in [0.05, 0.1) is 10.9 Å². The monoisotopic (exact) mass is 408 g/mol. The van der Waals surface area contributed by atoms with Gasteiger partial charge in [-0.05, 0) is 49.6 Å². The normalized spacial score (nSPS) is 11.4. The minimum atomic E-state index is -3.40. The van der Waals surface area contributed by atoms with Crippen LogP contribution in [0.4, 0.5) is 11.4 Å². The number of sulfonamides is 1. The van der Waals surface area contributed by atoms with E-state index in [1.54, 1.807) is 13.8 Å². The number of benzene rings is 3. The molecule has 4 nitrogen and oxygen atoms in total. The zero-order valence-corrected chi connectivity index (χ0v) is 18.0. The highest BCUT2D eigenvalue weighted by Crippen LogP contribution is 2.30. The Morgan fingerprint density at radius 3 is 1.79 bits per heavy atom. The van der Waals surface area contributed by atoms with Gasteiger partial charge in [0.25, 0.3) is 0 Å². The van der Waals surface area contributed by atoms with Crippen LogP contribution in [0.3, 0.4) is 0 Å². The van der Waals surface area contributed by atoms with Crippen LogP contribution >= 0.6 is 0 Å². The second-order valence-corrected chi connectivity index (χ2v) is 9.71. The van der Waals surface area contributed by atoms with Crippen molar-refractivity contribution in [3.05, 3.63) is 95.6 Å². The molecule has 3 aromatic rings. The number of anilines is 2. The molecule has 0 aliphatic rings. The van der Waals surface area contributed by atoms with E-state index in [4.69, 9.17) is 0 Å². The molecule has 0 radical (unpaired) electrons. The molecule has 152 valence electrons. The summed E-state index contributed by atoms with van der Waals surface area (Å²) in [5, 5.41) is -0.490. The fourth-order valence-corrected chi connectivity index (χ4v) is 3.94. The molecule has 0 bridgehead atoms. The maximum absolute atomic E-state index is 12.4. The van der Waals surface area contributed by atoms with Gasteiger partial charge in [-0.1, -0.05) is 66.7 Å². The molecule has 1 N–H and O–H groups in total. The summed E-state index contributed by atoms with van der Waals surface area (Å²) < 4.78 is 27.5. The highest BCUT2D eigenvalue weighted by Gasteiger charge is 2.19. The van der Waals surface area contributed by atoms with Gasteiger partial charge in [-0.25, -0.2) is 8.42 Å². The summed E-state index contributed by atoms with van der Waals surface area (Å²) in [6, 6.07) is 26.4. The van der Waals surface area contributed by atoms with Gasteiger partial charge in [0, 0.05) is 18.8 Å². The Morgan fingerprint density at radius 1 is 0.793 bits per heavy atom. The Bertz CT molecular complexity index is 991. The van der Waals surface area contributed by atoms with E-state index in [0.29, 0.717) is 5.69 Å². The summed E-state index contributed by atoms with van der Waals surface area (Å²) in [5.41, 5.74) is 4.97. The van der Waals surface area contributed by atoms with Gasteiger partial charge in [-0.2, -0.15) is 0 Å². The molecule has 0 aromatic heterocycles. The van der Waals surface area contributed by atoms with Crippen molar-refractivity contribution >= 4 is 21.4 Å². The first kappa shape index (κ1) is 20.9. The molecular weight excluding hydrogens is 380 g/mol. The van der Waals surface area contributed by atoms with Crippen LogP contribution < -0.4 is 9.62 Å². The second-order valence-electron chi connectivity index (χ2n) is 7.47. The highest BCUT2D eigenvalue weighted by atomic mass is 32.2. The Kier molecular flexibility index (Phi) is 6.60. The van der Waals surface area contributed by atoms with Crippen molar-refractivity contribution in [2.75, 3.05) is 9.62 Å². The van der Waals surface area contributed by atoms with Crippen molar-refractivity contribution in [3.8, 4) is 0 Å². The van der Waals surface area contributed by atoms with E-state index in [0.717, 1.165) is 24.3 Å². The van der Waals surface area contributed by atoms with Gasteiger partial charge in [-0.3, -0.25) is 4.72 Å². The Labute approximate surface area is 174 Å². The molecule has 0 saturated carbocycles. The van der Waals surface area contributed by atoms with Gasteiger partial charge in [0.2, 0.25) is 10.0 Å². The van der Waals surface area contributed by atoms with Gasteiger partial charge in [0.15, 0.2) is 0 Å². The lowest BCUT2D eigenvalue weighted by molar-refractivity contribution is 0.592. The quantitative estimate of drug-likeness (QED) is 0.546. The molecule has 0 aliphatic heterocycles. The first-order valence-electron chi connectivity index (χ1n) is 9.81. The van der Waals surface area contributed by atoms with Crippen molar-refractivity contribution in [1.29, 1.82) is 0 Å². The fraction of sp³-hybridized carbons (Fsp3) is 0.250. The minimum Gasteiger partial charge on any atom is -0.363 e.